The second-order valence-electron chi connectivity index (χ2n) is 4.95. The van der Waals surface area contributed by atoms with E-state index < -0.39 is 0 Å². The molecule has 0 unspecified atom stereocenters. The Balaban J connectivity index is 1.67. The average molecular weight is 348 g/mol. The number of hydrogen-bond acceptors (Lipinski definition) is 4. The molecule has 0 fully saturated rings. The van der Waals surface area contributed by atoms with Gasteiger partial charge in [0.05, 0.1) is 0 Å². The maximum atomic E-state index is 11.8. The zero-order valence-corrected chi connectivity index (χ0v) is 13.9. The molecule has 0 bridgehead atoms. The average Bonchev–Trinajstić information content (AvgIpc) is 2.55. The highest BCUT2D eigenvalue weighted by molar-refractivity contribution is 6.30. The smallest absolute Gasteiger partial charge is 0.265 e. The number of amides is 2. The first-order chi connectivity index (χ1) is 11.5. The Morgan fingerprint density at radius 2 is 1.88 bits per heavy atom. The Morgan fingerprint density at radius 1 is 1.12 bits per heavy atom. The number of carbonyl (C=O) groups excluding carboxylic acids is 2. The van der Waals surface area contributed by atoms with E-state index in [1.807, 2.05) is 0 Å². The number of carbonyl (C=O) groups is 2. The lowest BCUT2D eigenvalue weighted by atomic mass is 10.2. The van der Waals surface area contributed by atoms with Crippen LogP contribution in [0.5, 0.6) is 5.75 Å². The lowest BCUT2D eigenvalue weighted by Crippen LogP contribution is -2.39. The summed E-state index contributed by atoms with van der Waals surface area (Å²) in [6, 6.07) is 13.7. The summed E-state index contributed by atoms with van der Waals surface area (Å²) < 4.78 is 5.52. The van der Waals surface area contributed by atoms with Crippen LogP contribution in [-0.2, 0) is 4.79 Å². The molecule has 0 aliphatic heterocycles. The number of hydrazine groups is 1. The van der Waals surface area contributed by atoms with Crippen molar-refractivity contribution in [3.05, 3.63) is 59.1 Å². The molecule has 126 valence electrons. The van der Waals surface area contributed by atoms with Gasteiger partial charge in [0.2, 0.25) is 5.91 Å². The molecule has 0 radical (unpaired) electrons. The maximum absolute atomic E-state index is 11.8. The van der Waals surface area contributed by atoms with Gasteiger partial charge in [-0.25, -0.2) is 5.43 Å². The number of nitrogens with one attached hydrogen (secondary N) is 3. The molecule has 0 aromatic heterocycles. The molecule has 0 aliphatic carbocycles. The predicted molar refractivity (Wildman–Crippen MR) is 93.2 cm³/mol. The second-order valence-corrected chi connectivity index (χ2v) is 5.38. The first-order valence-corrected chi connectivity index (χ1v) is 7.71. The van der Waals surface area contributed by atoms with E-state index >= 15 is 0 Å². The summed E-state index contributed by atoms with van der Waals surface area (Å²) in [7, 11) is 0. The van der Waals surface area contributed by atoms with Gasteiger partial charge in [0.25, 0.3) is 5.91 Å². The Hall–Kier alpha value is -2.57. The van der Waals surface area contributed by atoms with Gasteiger partial charge in [-0.1, -0.05) is 17.7 Å². The fraction of sp³-hybridized carbons (Fsp3) is 0.176. The monoisotopic (exact) mass is 347 g/mol. The van der Waals surface area contributed by atoms with Gasteiger partial charge in [-0.15, -0.1) is 0 Å². The molecule has 0 saturated heterocycles. The molecule has 2 aromatic carbocycles. The van der Waals surface area contributed by atoms with E-state index in [0.717, 1.165) is 0 Å². The van der Waals surface area contributed by atoms with Crippen LogP contribution in [0.4, 0.5) is 5.69 Å². The third-order valence-corrected chi connectivity index (χ3v) is 3.19. The molecule has 24 heavy (non-hydrogen) atoms. The van der Waals surface area contributed by atoms with Crippen LogP contribution in [0.25, 0.3) is 0 Å². The maximum Gasteiger partial charge on any atom is 0.265 e. The molecule has 7 heteroatoms. The first-order valence-electron chi connectivity index (χ1n) is 7.34. The predicted octanol–water partition coefficient (Wildman–Crippen LogP) is 2.61. The van der Waals surface area contributed by atoms with Gasteiger partial charge in [-0.05, 0) is 42.5 Å². The Morgan fingerprint density at radius 3 is 2.54 bits per heavy atom. The summed E-state index contributed by atoms with van der Waals surface area (Å²) >= 11 is 5.84. The molecular formula is C17H18ClN3O3. The Labute approximate surface area is 145 Å². The van der Waals surface area contributed by atoms with E-state index in [-0.39, 0.29) is 11.8 Å². The van der Waals surface area contributed by atoms with Crippen molar-refractivity contribution in [3.8, 4) is 5.75 Å². The molecule has 2 rings (SSSR count). The lowest BCUT2D eigenvalue weighted by Gasteiger charge is -2.10. The first kappa shape index (κ1) is 17.8. The van der Waals surface area contributed by atoms with Crippen molar-refractivity contribution in [2.75, 3.05) is 18.5 Å². The SMILES string of the molecule is CC(=O)Nc1ccc(OCCNNC(=O)c2cccc(Cl)c2)cc1. The van der Waals surface area contributed by atoms with Gasteiger partial charge in [0, 0.05) is 29.7 Å². The minimum atomic E-state index is -0.267. The number of rotatable bonds is 7. The summed E-state index contributed by atoms with van der Waals surface area (Å²) in [4.78, 5) is 22.8. The van der Waals surface area contributed by atoms with Crippen LogP contribution >= 0.6 is 11.6 Å². The molecule has 2 amide bonds. The zero-order valence-electron chi connectivity index (χ0n) is 13.1. The zero-order chi connectivity index (χ0) is 17.4. The van der Waals surface area contributed by atoms with E-state index in [4.69, 9.17) is 16.3 Å². The minimum absolute atomic E-state index is 0.122. The van der Waals surface area contributed by atoms with Crippen molar-refractivity contribution in [3.63, 3.8) is 0 Å². The fourth-order valence-corrected chi connectivity index (χ4v) is 2.09. The summed E-state index contributed by atoms with van der Waals surface area (Å²) in [5.41, 5.74) is 6.54. The van der Waals surface area contributed by atoms with Crippen LogP contribution in [-0.4, -0.2) is 25.0 Å². The molecule has 2 aromatic rings. The molecular weight excluding hydrogens is 330 g/mol. The van der Waals surface area contributed by atoms with Crippen LogP contribution in [0, 0.1) is 0 Å². The summed E-state index contributed by atoms with van der Waals surface area (Å²) in [6.07, 6.45) is 0. The highest BCUT2D eigenvalue weighted by Crippen LogP contribution is 2.15. The van der Waals surface area contributed by atoms with E-state index in [2.05, 4.69) is 16.2 Å². The Bertz CT molecular complexity index is 704. The summed E-state index contributed by atoms with van der Waals surface area (Å²) in [6.45, 7) is 2.25. The van der Waals surface area contributed by atoms with Gasteiger partial charge in [0.15, 0.2) is 0 Å². The molecule has 0 aliphatic rings. The summed E-state index contributed by atoms with van der Waals surface area (Å²) in [5, 5.41) is 3.18. The van der Waals surface area contributed by atoms with Gasteiger partial charge in [-0.3, -0.25) is 15.0 Å². The summed E-state index contributed by atoms with van der Waals surface area (Å²) in [5.74, 6) is 0.285. The lowest BCUT2D eigenvalue weighted by molar-refractivity contribution is -0.114. The third kappa shape index (κ3) is 5.91. The van der Waals surface area contributed by atoms with Crippen molar-refractivity contribution >= 4 is 29.1 Å². The van der Waals surface area contributed by atoms with Gasteiger partial charge >= 0.3 is 0 Å². The van der Waals surface area contributed by atoms with Crippen molar-refractivity contribution in [2.24, 2.45) is 0 Å². The van der Waals surface area contributed by atoms with E-state index in [9.17, 15) is 9.59 Å². The van der Waals surface area contributed by atoms with Crippen LogP contribution in [0.15, 0.2) is 48.5 Å². The highest BCUT2D eigenvalue weighted by Gasteiger charge is 2.04. The van der Waals surface area contributed by atoms with Crippen molar-refractivity contribution < 1.29 is 14.3 Å². The second kappa shape index (κ2) is 8.90. The van der Waals surface area contributed by atoms with Gasteiger partial charge in [-0.2, -0.15) is 0 Å². The van der Waals surface area contributed by atoms with Crippen LogP contribution in [0.2, 0.25) is 5.02 Å². The molecule has 6 nitrogen and oxygen atoms in total. The number of anilines is 1. The molecule has 0 spiro atoms. The molecule has 0 atom stereocenters. The molecule has 0 heterocycles. The van der Waals surface area contributed by atoms with E-state index in [1.54, 1.807) is 48.5 Å². The number of halogens is 1. The van der Waals surface area contributed by atoms with Gasteiger partial charge in [0.1, 0.15) is 12.4 Å². The van der Waals surface area contributed by atoms with E-state index in [1.165, 1.54) is 6.92 Å². The van der Waals surface area contributed by atoms with Crippen molar-refractivity contribution in [1.82, 2.24) is 10.9 Å². The number of hydrogen-bond donors (Lipinski definition) is 3. The van der Waals surface area contributed by atoms with Crippen LogP contribution in [0.3, 0.4) is 0 Å². The Kier molecular flexibility index (Phi) is 6.60. The standard InChI is InChI=1S/C17H18ClN3O3/c1-12(22)20-15-5-7-16(8-6-15)24-10-9-19-21-17(23)13-3-2-4-14(18)11-13/h2-8,11,19H,9-10H2,1H3,(H,20,22)(H,21,23). The van der Waals surface area contributed by atoms with Crippen LogP contribution in [0.1, 0.15) is 17.3 Å². The number of ether oxygens (including phenoxy) is 1. The number of benzene rings is 2. The fourth-order valence-electron chi connectivity index (χ4n) is 1.90. The van der Waals surface area contributed by atoms with Gasteiger partial charge < -0.3 is 10.1 Å². The molecule has 0 saturated carbocycles. The van der Waals surface area contributed by atoms with E-state index in [0.29, 0.717) is 35.2 Å². The van der Waals surface area contributed by atoms with Crippen molar-refractivity contribution in [2.45, 2.75) is 6.92 Å². The third-order valence-electron chi connectivity index (χ3n) is 2.96. The van der Waals surface area contributed by atoms with Crippen molar-refractivity contribution in [1.29, 1.82) is 0 Å². The topological polar surface area (TPSA) is 79.5 Å². The minimum Gasteiger partial charge on any atom is -0.492 e. The highest BCUT2D eigenvalue weighted by atomic mass is 35.5. The van der Waals surface area contributed by atoms with Crippen LogP contribution < -0.4 is 20.9 Å². The quantitative estimate of drug-likeness (QED) is 0.531. The normalized spacial score (nSPS) is 10.1. The largest absolute Gasteiger partial charge is 0.492 e. The molecule has 3 N–H and O–H groups in total.